The summed E-state index contributed by atoms with van der Waals surface area (Å²) in [5.41, 5.74) is 0. The molecule has 2 nitrogen and oxygen atoms in total. The van der Waals surface area contributed by atoms with Crippen LogP contribution in [0.4, 0.5) is 4.39 Å². The van der Waals surface area contributed by atoms with E-state index >= 15 is 0 Å². The van der Waals surface area contributed by atoms with Crippen molar-refractivity contribution in [2.24, 2.45) is 0 Å². The number of carbonyl (C=O) groups excluding carboxylic acids is 1. The Hall–Kier alpha value is -0.860. The molecule has 0 N–H and O–H groups in total. The minimum atomic E-state index is -0.243. The van der Waals surface area contributed by atoms with E-state index in [4.69, 9.17) is 0 Å². The van der Waals surface area contributed by atoms with Gasteiger partial charge in [0.15, 0.2) is 0 Å². The van der Waals surface area contributed by atoms with Crippen molar-refractivity contribution in [3.05, 3.63) is 12.4 Å². The van der Waals surface area contributed by atoms with Crippen molar-refractivity contribution in [3.63, 3.8) is 0 Å². The van der Waals surface area contributed by atoms with Crippen molar-refractivity contribution in [3.8, 4) is 0 Å². The number of allylic oxidation sites excluding steroid dienone is 1. The van der Waals surface area contributed by atoms with Crippen LogP contribution in [-0.2, 0) is 9.53 Å². The van der Waals surface area contributed by atoms with Gasteiger partial charge in [-0.2, -0.15) is 0 Å². The number of carbonyl (C=O) groups is 1. The Labute approximate surface area is 59.7 Å². The third kappa shape index (κ3) is 5.28. The molecule has 0 rings (SSSR count). The molecule has 0 saturated heterocycles. The van der Waals surface area contributed by atoms with Gasteiger partial charge in [0.05, 0.1) is 13.4 Å². The van der Waals surface area contributed by atoms with E-state index in [9.17, 15) is 9.18 Å². The van der Waals surface area contributed by atoms with E-state index in [1.807, 2.05) is 0 Å². The average Bonchev–Trinajstić information content (AvgIpc) is 1.98. The summed E-state index contributed by atoms with van der Waals surface area (Å²) in [6.07, 6.45) is 3.46. The van der Waals surface area contributed by atoms with Crippen molar-refractivity contribution in [1.82, 2.24) is 0 Å². The fourth-order valence-electron chi connectivity index (χ4n) is 0.529. The third-order valence-corrected chi connectivity index (χ3v) is 1.07. The Kier molecular flexibility index (Phi) is 5.72. The van der Waals surface area contributed by atoms with E-state index in [1.165, 1.54) is 13.2 Å². The molecule has 0 aromatic carbocycles. The van der Waals surface area contributed by atoms with E-state index in [2.05, 4.69) is 4.74 Å². The van der Waals surface area contributed by atoms with Gasteiger partial charge >= 0.3 is 5.97 Å². The van der Waals surface area contributed by atoms with E-state index in [0.29, 0.717) is 25.6 Å². The number of hydrogen-bond acceptors (Lipinski definition) is 2. The molecule has 10 heavy (non-hydrogen) atoms. The highest BCUT2D eigenvalue weighted by Gasteiger charge is 1.96. The molecule has 0 unspecified atom stereocenters. The van der Waals surface area contributed by atoms with Crippen molar-refractivity contribution in [1.29, 1.82) is 0 Å². The minimum Gasteiger partial charge on any atom is -0.469 e. The van der Waals surface area contributed by atoms with Crippen molar-refractivity contribution >= 4 is 5.97 Å². The number of halogens is 1. The zero-order valence-corrected chi connectivity index (χ0v) is 5.97. The maximum atomic E-state index is 11.3. The lowest BCUT2D eigenvalue weighted by molar-refractivity contribution is -0.140. The molecule has 0 aliphatic carbocycles. The third-order valence-electron chi connectivity index (χ3n) is 1.07. The highest BCUT2D eigenvalue weighted by molar-refractivity contribution is 5.68. The molecule has 0 amide bonds. The molecule has 0 heterocycles. The number of ether oxygens (including phenoxy) is 1. The second-order valence-corrected chi connectivity index (χ2v) is 1.83. The predicted molar refractivity (Wildman–Crippen MR) is 36.1 cm³/mol. The molecule has 0 bridgehead atoms. The summed E-state index contributed by atoms with van der Waals surface area (Å²) in [6.45, 7) is 0. The maximum Gasteiger partial charge on any atom is 0.305 e. The topological polar surface area (TPSA) is 26.3 Å². The smallest absolute Gasteiger partial charge is 0.305 e. The molecule has 0 aliphatic rings. The first-order chi connectivity index (χ1) is 4.81. The minimum absolute atomic E-state index is 0.243. The Bertz CT molecular complexity index is 121. The first kappa shape index (κ1) is 9.14. The average molecular weight is 146 g/mol. The zero-order chi connectivity index (χ0) is 7.82. The van der Waals surface area contributed by atoms with Gasteiger partial charge in [-0.25, -0.2) is 4.39 Å². The highest BCUT2D eigenvalue weighted by Crippen LogP contribution is 1.97. The van der Waals surface area contributed by atoms with Gasteiger partial charge in [0, 0.05) is 6.42 Å². The van der Waals surface area contributed by atoms with Gasteiger partial charge in [0.1, 0.15) is 0 Å². The van der Waals surface area contributed by atoms with Crippen LogP contribution in [-0.4, -0.2) is 13.1 Å². The second kappa shape index (κ2) is 6.26. The first-order valence-electron chi connectivity index (χ1n) is 3.13. The molecule has 58 valence electrons. The van der Waals surface area contributed by atoms with Gasteiger partial charge in [0.25, 0.3) is 0 Å². The van der Waals surface area contributed by atoms with E-state index in [1.54, 1.807) is 0 Å². The number of esters is 1. The van der Waals surface area contributed by atoms with Crippen LogP contribution in [0.15, 0.2) is 12.4 Å². The van der Waals surface area contributed by atoms with Gasteiger partial charge in [-0.05, 0) is 12.8 Å². The lowest BCUT2D eigenvalue weighted by Crippen LogP contribution is -1.98. The molecule has 0 aromatic heterocycles. The van der Waals surface area contributed by atoms with Gasteiger partial charge in [-0.3, -0.25) is 4.79 Å². The molecule has 0 saturated carbocycles. The quantitative estimate of drug-likeness (QED) is 0.446. The molecule has 0 fully saturated rings. The number of methoxy groups -OCH3 is 1. The van der Waals surface area contributed by atoms with Crippen LogP contribution >= 0.6 is 0 Å². The van der Waals surface area contributed by atoms with Crippen LogP contribution < -0.4 is 0 Å². The summed E-state index contributed by atoms with van der Waals surface area (Å²) >= 11 is 0. The van der Waals surface area contributed by atoms with Crippen LogP contribution in [0, 0.1) is 0 Å². The van der Waals surface area contributed by atoms with Crippen LogP contribution in [0.25, 0.3) is 0 Å². The maximum absolute atomic E-state index is 11.3. The van der Waals surface area contributed by atoms with Crippen molar-refractivity contribution in [2.45, 2.75) is 19.3 Å². The Morgan fingerprint density at radius 1 is 1.70 bits per heavy atom. The summed E-state index contributed by atoms with van der Waals surface area (Å²) in [5.74, 6) is -0.243. The Balaban J connectivity index is 3.11. The molecule has 0 atom stereocenters. The molecule has 0 radical (unpaired) electrons. The number of rotatable bonds is 4. The molecule has 0 aromatic rings. The summed E-state index contributed by atoms with van der Waals surface area (Å²) in [6, 6.07) is 0. The van der Waals surface area contributed by atoms with E-state index < -0.39 is 0 Å². The Morgan fingerprint density at radius 2 is 2.40 bits per heavy atom. The lowest BCUT2D eigenvalue weighted by Gasteiger charge is -1.94. The van der Waals surface area contributed by atoms with E-state index in [-0.39, 0.29) is 5.97 Å². The zero-order valence-electron chi connectivity index (χ0n) is 5.97. The molecular weight excluding hydrogens is 135 g/mol. The molecule has 0 spiro atoms. The van der Waals surface area contributed by atoms with Crippen molar-refractivity contribution in [2.75, 3.05) is 7.11 Å². The second-order valence-electron chi connectivity index (χ2n) is 1.83. The molecular formula is C7H11FO2. The lowest BCUT2D eigenvalue weighted by atomic mass is 10.2. The summed E-state index contributed by atoms with van der Waals surface area (Å²) in [7, 11) is 1.34. The number of hydrogen-bond donors (Lipinski definition) is 0. The van der Waals surface area contributed by atoms with Crippen LogP contribution in [0.1, 0.15) is 19.3 Å². The fourth-order valence-corrected chi connectivity index (χ4v) is 0.529. The predicted octanol–water partition coefficient (Wildman–Crippen LogP) is 1.81. The normalized spacial score (nSPS) is 10.2. The highest BCUT2D eigenvalue weighted by atomic mass is 19.1. The first-order valence-corrected chi connectivity index (χ1v) is 3.13. The summed E-state index contributed by atoms with van der Waals surface area (Å²) < 4.78 is 15.7. The standard InChI is InChI=1S/C7H11FO2/c1-10-7(9)5-3-2-4-6-8/h4,6H,2-3,5H2,1H3/b6-4-. The van der Waals surface area contributed by atoms with Gasteiger partial charge in [-0.15, -0.1) is 0 Å². The SMILES string of the molecule is COC(=O)CCC/C=C\F. The summed E-state index contributed by atoms with van der Waals surface area (Å²) in [5, 5.41) is 0. The van der Waals surface area contributed by atoms with Crippen molar-refractivity contribution < 1.29 is 13.9 Å². The fraction of sp³-hybridized carbons (Fsp3) is 0.571. The van der Waals surface area contributed by atoms with Gasteiger partial charge in [0.2, 0.25) is 0 Å². The van der Waals surface area contributed by atoms with Gasteiger partial charge < -0.3 is 4.74 Å². The van der Waals surface area contributed by atoms with Crippen LogP contribution in [0.2, 0.25) is 0 Å². The van der Waals surface area contributed by atoms with Crippen LogP contribution in [0.3, 0.4) is 0 Å². The van der Waals surface area contributed by atoms with E-state index in [0.717, 1.165) is 0 Å². The number of unbranched alkanes of at least 4 members (excludes halogenated alkanes) is 1. The molecule has 0 aliphatic heterocycles. The molecule has 3 heteroatoms. The summed E-state index contributed by atoms with van der Waals surface area (Å²) in [4.78, 5) is 10.4. The Morgan fingerprint density at radius 3 is 2.90 bits per heavy atom. The van der Waals surface area contributed by atoms with Gasteiger partial charge in [-0.1, -0.05) is 6.08 Å². The monoisotopic (exact) mass is 146 g/mol. The van der Waals surface area contributed by atoms with Crippen LogP contribution in [0.5, 0.6) is 0 Å². The largest absolute Gasteiger partial charge is 0.469 e.